The van der Waals surface area contributed by atoms with E-state index in [0.29, 0.717) is 11.0 Å². The topological polar surface area (TPSA) is 258 Å². The van der Waals surface area contributed by atoms with E-state index in [4.69, 9.17) is 56.5 Å². The summed E-state index contributed by atoms with van der Waals surface area (Å²) in [6, 6.07) is 2.92. The number of benzene rings is 1. The second kappa shape index (κ2) is 11.6. The molecule has 10 atom stereocenters. The lowest BCUT2D eigenvalue weighted by Gasteiger charge is -2.27. The third-order valence-corrected chi connectivity index (χ3v) is 10.2. The van der Waals surface area contributed by atoms with Crippen LogP contribution in [0.25, 0.3) is 22.2 Å². The van der Waals surface area contributed by atoms with Gasteiger partial charge in [0.25, 0.3) is 5.56 Å². The third-order valence-electron chi connectivity index (χ3n) is 7.51. The number of imidazole rings is 2. The molecular weight excluding hydrogens is 706 g/mol. The second-order valence-corrected chi connectivity index (χ2v) is 14.0. The van der Waals surface area contributed by atoms with Crippen molar-refractivity contribution in [3.63, 3.8) is 0 Å². The van der Waals surface area contributed by atoms with Gasteiger partial charge in [-0.05, 0) is 12.1 Å². The van der Waals surface area contributed by atoms with E-state index in [2.05, 4.69) is 19.9 Å². The first kappa shape index (κ1) is 32.0. The van der Waals surface area contributed by atoms with Crippen molar-refractivity contribution in [1.29, 1.82) is 0 Å². The van der Waals surface area contributed by atoms with E-state index in [9.17, 15) is 28.8 Å². The van der Waals surface area contributed by atoms with Crippen molar-refractivity contribution in [2.75, 3.05) is 18.9 Å². The number of anilines is 1. The van der Waals surface area contributed by atoms with E-state index in [1.807, 2.05) is 0 Å². The van der Waals surface area contributed by atoms with Crippen LogP contribution in [0.3, 0.4) is 0 Å². The van der Waals surface area contributed by atoms with E-state index in [-0.39, 0.29) is 27.2 Å². The molecular formula is C22H22Cl2FN7O12P2. The molecule has 3 saturated heterocycles. The number of nitrogens with zero attached hydrogens (tertiary/aromatic N) is 5. The van der Waals surface area contributed by atoms with Crippen molar-refractivity contribution in [3.8, 4) is 0 Å². The minimum Gasteiger partial charge on any atom is -0.386 e. The SMILES string of the molecule is Nc1nc2c(ncn2[C@@H]2O[C@@H]3COP(=O)(O)O[C@@H]4C(O)[C@H](n5cnc6cc(Cl)c(Cl)cc65)O[C@@H]4COP(=O)(O)OC3[C@@H]2F)c(=O)[nH]1. The lowest BCUT2D eigenvalue weighted by atomic mass is 10.1. The lowest BCUT2D eigenvalue weighted by molar-refractivity contribution is -0.0662. The van der Waals surface area contributed by atoms with Crippen LogP contribution < -0.4 is 11.3 Å². The smallest absolute Gasteiger partial charge is 0.386 e. The van der Waals surface area contributed by atoms with Crippen LogP contribution >= 0.6 is 38.8 Å². The Kier molecular flexibility index (Phi) is 8.04. The quantitative estimate of drug-likeness (QED) is 0.184. The maximum absolute atomic E-state index is 15.9. The molecule has 0 radical (unpaired) electrons. The van der Waals surface area contributed by atoms with Crippen molar-refractivity contribution >= 4 is 67.0 Å². The summed E-state index contributed by atoms with van der Waals surface area (Å²) < 4.78 is 76.5. The Hall–Kier alpha value is -2.55. The number of hydrogen-bond acceptors (Lipinski definition) is 14. The predicted octanol–water partition coefficient (Wildman–Crippen LogP) is 1.57. The van der Waals surface area contributed by atoms with Crippen LogP contribution in [-0.4, -0.2) is 93.9 Å². The Bertz CT molecular complexity index is 2000. The molecule has 0 spiro atoms. The summed E-state index contributed by atoms with van der Waals surface area (Å²) in [6.45, 7) is -1.76. The first-order chi connectivity index (χ1) is 21.7. The van der Waals surface area contributed by atoms with Crippen LogP contribution in [-0.2, 0) is 36.7 Å². The van der Waals surface area contributed by atoms with Crippen LogP contribution in [0.1, 0.15) is 12.5 Å². The Morgan fingerprint density at radius 2 is 1.57 bits per heavy atom. The number of aliphatic hydroxyl groups excluding tert-OH is 1. The monoisotopic (exact) mass is 727 g/mol. The molecule has 0 aliphatic carbocycles. The second-order valence-electron chi connectivity index (χ2n) is 10.4. The van der Waals surface area contributed by atoms with Crippen LogP contribution in [0, 0.1) is 0 Å². The molecule has 7 rings (SSSR count). The molecule has 19 nitrogen and oxygen atoms in total. The highest BCUT2D eigenvalue weighted by Gasteiger charge is 2.54. The average molecular weight is 728 g/mol. The van der Waals surface area contributed by atoms with Gasteiger partial charge in [0.2, 0.25) is 5.95 Å². The molecule has 6 heterocycles. The molecule has 0 saturated carbocycles. The fourth-order valence-corrected chi connectivity index (χ4v) is 7.69. The molecule has 0 bridgehead atoms. The molecule has 46 heavy (non-hydrogen) atoms. The summed E-state index contributed by atoms with van der Waals surface area (Å²) >= 11 is 12.2. The van der Waals surface area contributed by atoms with Crippen molar-refractivity contribution in [2.24, 2.45) is 0 Å². The number of alkyl halides is 1. The number of rotatable bonds is 2. The molecule has 248 valence electrons. The Morgan fingerprint density at radius 3 is 2.28 bits per heavy atom. The van der Waals surface area contributed by atoms with E-state index in [1.165, 1.54) is 23.0 Å². The van der Waals surface area contributed by atoms with Gasteiger partial charge in [-0.1, -0.05) is 23.2 Å². The lowest BCUT2D eigenvalue weighted by Crippen LogP contribution is -2.38. The maximum Gasteiger partial charge on any atom is 0.472 e. The summed E-state index contributed by atoms with van der Waals surface area (Å²) in [6.07, 6.45) is -11.3. The third kappa shape index (κ3) is 5.66. The minimum absolute atomic E-state index is 0.164. The number of nitrogens with one attached hydrogen (secondary N) is 1. The molecule has 4 aromatic rings. The number of H-pyrrole nitrogens is 1. The average Bonchev–Trinajstić information content (AvgIpc) is 3.72. The summed E-state index contributed by atoms with van der Waals surface area (Å²) in [4.78, 5) is 47.6. The number of phosphoric acid groups is 2. The molecule has 3 aromatic heterocycles. The number of aliphatic hydroxyl groups is 1. The van der Waals surface area contributed by atoms with Gasteiger partial charge in [-0.15, -0.1) is 0 Å². The zero-order chi connectivity index (χ0) is 32.7. The van der Waals surface area contributed by atoms with Crippen LogP contribution in [0.15, 0.2) is 29.6 Å². The molecule has 0 amide bonds. The largest absolute Gasteiger partial charge is 0.472 e. The summed E-state index contributed by atoms with van der Waals surface area (Å²) in [5.74, 6) is -0.308. The Morgan fingerprint density at radius 1 is 0.957 bits per heavy atom. The van der Waals surface area contributed by atoms with Crippen molar-refractivity contribution in [2.45, 2.75) is 49.1 Å². The van der Waals surface area contributed by atoms with Crippen LogP contribution in [0.4, 0.5) is 10.3 Å². The highest BCUT2D eigenvalue weighted by Crippen LogP contribution is 2.54. The van der Waals surface area contributed by atoms with Gasteiger partial charge in [-0.25, -0.2) is 23.5 Å². The van der Waals surface area contributed by atoms with Crippen molar-refractivity contribution < 1.29 is 56.0 Å². The van der Waals surface area contributed by atoms with Gasteiger partial charge >= 0.3 is 15.6 Å². The van der Waals surface area contributed by atoms with Gasteiger partial charge in [-0.2, -0.15) is 4.98 Å². The van der Waals surface area contributed by atoms with Gasteiger partial charge in [0.05, 0.1) is 46.9 Å². The minimum atomic E-state index is -5.14. The predicted molar refractivity (Wildman–Crippen MR) is 152 cm³/mol. The number of hydrogen-bond donors (Lipinski definition) is 5. The number of ether oxygens (including phenoxy) is 2. The highest BCUT2D eigenvalue weighted by atomic mass is 35.5. The van der Waals surface area contributed by atoms with Crippen LogP contribution in [0.5, 0.6) is 0 Å². The number of fused-ring (bicyclic) bond motifs is 4. The Labute approximate surface area is 265 Å². The highest BCUT2D eigenvalue weighted by molar-refractivity contribution is 7.47. The van der Waals surface area contributed by atoms with Gasteiger partial charge < -0.3 is 34.7 Å². The zero-order valence-corrected chi connectivity index (χ0v) is 26.0. The molecule has 3 aliphatic heterocycles. The number of nitrogens with two attached hydrogens (primary N) is 1. The van der Waals surface area contributed by atoms with E-state index >= 15 is 4.39 Å². The fourth-order valence-electron chi connectivity index (χ4n) is 5.45. The zero-order valence-electron chi connectivity index (χ0n) is 22.7. The first-order valence-corrected chi connectivity index (χ1v) is 16.9. The molecule has 3 fully saturated rings. The fraction of sp³-hybridized carbons (Fsp3) is 0.455. The van der Waals surface area contributed by atoms with Gasteiger partial charge in [-0.3, -0.25) is 32.4 Å². The van der Waals surface area contributed by atoms with Crippen molar-refractivity contribution in [3.05, 3.63) is 45.2 Å². The van der Waals surface area contributed by atoms with Gasteiger partial charge in [0.15, 0.2) is 29.8 Å². The summed E-state index contributed by atoms with van der Waals surface area (Å²) in [7, 11) is -10.2. The van der Waals surface area contributed by atoms with Gasteiger partial charge in [0, 0.05) is 0 Å². The summed E-state index contributed by atoms with van der Waals surface area (Å²) in [5, 5.41) is 11.6. The standard InChI is InChI=1S/C22H22Cl2FN7O12P2/c23-7-1-9-10(2-8(7)24)31(5-27-9)21-15(33)17-12(42-21)4-40-45(35,36)43-16-11(3-39-46(37,38)44-17)41-20(13(16)25)32-6-28-14-18(32)29-22(26)30-19(14)34/h1-2,5-6,11-13,15-17,20-21,33H,3-4H2,(H,35,36)(H,37,38)(H3,26,29,30,34)/t11-,12-,13+,15?,16?,17+,20-,21-/m1/s1. The first-order valence-electron chi connectivity index (χ1n) is 13.2. The maximum atomic E-state index is 15.9. The van der Waals surface area contributed by atoms with E-state index in [0.717, 1.165) is 10.9 Å². The molecule has 4 unspecified atom stereocenters. The number of aromatic amines is 1. The number of nitrogen functional groups attached to an aromatic ring is 1. The molecule has 1 aromatic carbocycles. The summed E-state index contributed by atoms with van der Waals surface area (Å²) in [5.41, 5.74) is 5.22. The number of aromatic nitrogens is 6. The molecule has 6 N–H and O–H groups in total. The van der Waals surface area contributed by atoms with Crippen LogP contribution in [0.2, 0.25) is 10.0 Å². The number of phosphoric ester groups is 2. The van der Waals surface area contributed by atoms with Crippen molar-refractivity contribution in [1.82, 2.24) is 29.1 Å². The van der Waals surface area contributed by atoms with Gasteiger partial charge in [0.1, 0.15) is 30.5 Å². The molecule has 24 heteroatoms. The van der Waals surface area contributed by atoms with E-state index in [1.54, 1.807) is 0 Å². The van der Waals surface area contributed by atoms with E-state index < -0.39 is 83.6 Å². The normalized spacial score (nSPS) is 37.2. The molecule has 3 aliphatic rings. The Balaban J connectivity index is 1.17. The number of halogens is 3.